The number of rotatable bonds is 6. The van der Waals surface area contributed by atoms with Crippen LogP contribution in [-0.2, 0) is 6.42 Å². The van der Waals surface area contributed by atoms with Crippen molar-refractivity contribution in [2.24, 2.45) is 23.7 Å². The van der Waals surface area contributed by atoms with Crippen LogP contribution in [-0.4, -0.2) is 39.7 Å². The number of hydrogen-bond donors (Lipinski definition) is 0. The van der Waals surface area contributed by atoms with Gasteiger partial charge >= 0.3 is 0 Å². The highest BCUT2D eigenvalue weighted by Gasteiger charge is 2.33. The molecule has 5 nitrogen and oxygen atoms in total. The zero-order chi connectivity index (χ0) is 19.5. The average Bonchev–Trinajstić information content (AvgIpc) is 3.36. The summed E-state index contributed by atoms with van der Waals surface area (Å²) in [5, 5.41) is 8.56. The first-order chi connectivity index (χ1) is 13.6. The summed E-state index contributed by atoms with van der Waals surface area (Å²) >= 11 is 0. The van der Waals surface area contributed by atoms with Crippen molar-refractivity contribution in [3.63, 3.8) is 0 Å². The van der Waals surface area contributed by atoms with Gasteiger partial charge in [0, 0.05) is 30.9 Å². The minimum atomic E-state index is 0.493. The molecule has 2 aliphatic rings. The van der Waals surface area contributed by atoms with Gasteiger partial charge < -0.3 is 9.32 Å². The van der Waals surface area contributed by atoms with Gasteiger partial charge in [-0.1, -0.05) is 25.5 Å². The molecule has 1 aliphatic carbocycles. The topological polar surface area (TPSA) is 55.1 Å². The molecule has 0 radical (unpaired) electrons. The van der Waals surface area contributed by atoms with Gasteiger partial charge in [-0.15, -0.1) is 10.2 Å². The second kappa shape index (κ2) is 8.56. The molecule has 0 amide bonds. The lowest BCUT2D eigenvalue weighted by Gasteiger charge is -2.38. The average molecular weight is 381 g/mol. The number of aromatic nitrogens is 3. The number of allylic oxidation sites excluding steroid dienone is 1. The third kappa shape index (κ3) is 4.35. The molecule has 0 bridgehead atoms. The van der Waals surface area contributed by atoms with E-state index in [1.807, 2.05) is 12.1 Å². The summed E-state index contributed by atoms with van der Waals surface area (Å²) in [4.78, 5) is 6.70. The fourth-order valence-corrected chi connectivity index (χ4v) is 4.91. The van der Waals surface area contributed by atoms with Crippen LogP contribution in [0.15, 0.2) is 40.6 Å². The van der Waals surface area contributed by atoms with Crippen LogP contribution in [0.2, 0.25) is 0 Å². The van der Waals surface area contributed by atoms with Gasteiger partial charge in [-0.3, -0.25) is 4.98 Å². The lowest BCUT2D eigenvalue weighted by molar-refractivity contribution is 0.175. The number of hydrogen-bond acceptors (Lipinski definition) is 5. The molecule has 0 spiro atoms. The Morgan fingerprint density at radius 1 is 1.14 bits per heavy atom. The normalized spacial score (nSPS) is 26.0. The second-order valence-corrected chi connectivity index (χ2v) is 8.86. The third-order valence-electron chi connectivity index (χ3n) is 6.57. The van der Waals surface area contributed by atoms with Crippen LogP contribution in [0.4, 0.5) is 0 Å². The highest BCUT2D eigenvalue weighted by Crippen LogP contribution is 2.39. The van der Waals surface area contributed by atoms with Crippen molar-refractivity contribution in [2.75, 3.05) is 19.6 Å². The molecule has 0 saturated carbocycles. The van der Waals surface area contributed by atoms with E-state index in [2.05, 4.69) is 46.9 Å². The van der Waals surface area contributed by atoms with Crippen molar-refractivity contribution < 1.29 is 4.42 Å². The summed E-state index contributed by atoms with van der Waals surface area (Å²) in [5.41, 5.74) is 2.42. The Labute approximate surface area is 168 Å². The smallest absolute Gasteiger partial charge is 0.247 e. The minimum absolute atomic E-state index is 0.493. The van der Waals surface area contributed by atoms with Crippen LogP contribution in [0.1, 0.15) is 45.9 Å². The van der Waals surface area contributed by atoms with E-state index >= 15 is 0 Å². The van der Waals surface area contributed by atoms with Crippen LogP contribution in [0.5, 0.6) is 0 Å². The molecule has 150 valence electrons. The molecule has 0 aromatic carbocycles. The molecule has 4 rings (SSSR count). The third-order valence-corrected chi connectivity index (χ3v) is 6.57. The van der Waals surface area contributed by atoms with Crippen LogP contribution >= 0.6 is 0 Å². The molecule has 2 aromatic heterocycles. The van der Waals surface area contributed by atoms with Crippen LogP contribution in [0, 0.1) is 23.7 Å². The molecule has 2 aromatic rings. The Hall–Kier alpha value is -2.01. The maximum atomic E-state index is 5.97. The highest BCUT2D eigenvalue weighted by molar-refractivity contribution is 5.50. The molecule has 1 aliphatic heterocycles. The first-order valence-corrected chi connectivity index (χ1v) is 10.7. The summed E-state index contributed by atoms with van der Waals surface area (Å²) in [6, 6.07) is 3.81. The molecule has 0 N–H and O–H groups in total. The van der Waals surface area contributed by atoms with Gasteiger partial charge in [0.25, 0.3) is 0 Å². The largest absolute Gasteiger partial charge is 0.421 e. The predicted octanol–water partition coefficient (Wildman–Crippen LogP) is 4.62. The highest BCUT2D eigenvalue weighted by atomic mass is 16.4. The van der Waals surface area contributed by atoms with Crippen molar-refractivity contribution in [1.82, 2.24) is 20.1 Å². The van der Waals surface area contributed by atoms with Crippen molar-refractivity contribution >= 4 is 0 Å². The van der Waals surface area contributed by atoms with E-state index in [-0.39, 0.29) is 0 Å². The second-order valence-electron chi connectivity index (χ2n) is 8.86. The van der Waals surface area contributed by atoms with E-state index in [0.29, 0.717) is 23.6 Å². The van der Waals surface area contributed by atoms with E-state index in [4.69, 9.17) is 4.42 Å². The van der Waals surface area contributed by atoms with Gasteiger partial charge in [-0.2, -0.15) is 0 Å². The first kappa shape index (κ1) is 19.3. The zero-order valence-corrected chi connectivity index (χ0v) is 17.3. The molecule has 5 heteroatoms. The van der Waals surface area contributed by atoms with E-state index < -0.39 is 0 Å². The Kier molecular flexibility index (Phi) is 5.90. The van der Waals surface area contributed by atoms with Crippen molar-refractivity contribution in [2.45, 2.75) is 46.5 Å². The van der Waals surface area contributed by atoms with E-state index in [0.717, 1.165) is 23.8 Å². The Bertz CT molecular complexity index is 792. The molecule has 1 saturated heterocycles. The van der Waals surface area contributed by atoms with Crippen molar-refractivity contribution in [3.05, 3.63) is 42.1 Å². The molecular formula is C23H32N4O. The summed E-state index contributed by atoms with van der Waals surface area (Å²) in [5.74, 6) is 3.90. The van der Waals surface area contributed by atoms with E-state index in [1.165, 1.54) is 44.5 Å². The van der Waals surface area contributed by atoms with Crippen molar-refractivity contribution in [3.8, 4) is 11.5 Å². The van der Waals surface area contributed by atoms with Crippen LogP contribution < -0.4 is 0 Å². The first-order valence-electron chi connectivity index (χ1n) is 10.7. The quantitative estimate of drug-likeness (QED) is 0.684. The molecule has 3 unspecified atom stereocenters. The molecule has 28 heavy (non-hydrogen) atoms. The lowest BCUT2D eigenvalue weighted by atomic mass is 9.69. The fourth-order valence-electron chi connectivity index (χ4n) is 4.91. The lowest BCUT2D eigenvalue weighted by Crippen LogP contribution is -2.36. The summed E-state index contributed by atoms with van der Waals surface area (Å²) in [6.07, 6.45) is 10.8. The minimum Gasteiger partial charge on any atom is -0.421 e. The SMILES string of the molecule is CC1=CC(CN2CCCC2)C(C(C)C)CC1Cc1nnc(-c2ccncc2)o1. The van der Waals surface area contributed by atoms with Gasteiger partial charge in [0.1, 0.15) is 0 Å². The fraction of sp³-hybridized carbons (Fsp3) is 0.609. The number of pyridine rings is 1. The molecule has 1 fully saturated rings. The van der Waals surface area contributed by atoms with Crippen LogP contribution in [0.25, 0.3) is 11.5 Å². The summed E-state index contributed by atoms with van der Waals surface area (Å²) in [6.45, 7) is 10.8. The van der Waals surface area contributed by atoms with E-state index in [1.54, 1.807) is 12.4 Å². The van der Waals surface area contributed by atoms with Gasteiger partial charge in [-0.05, 0) is 75.1 Å². The molecule has 3 atom stereocenters. The number of likely N-dealkylation sites (tertiary alicyclic amines) is 1. The Morgan fingerprint density at radius 3 is 2.61 bits per heavy atom. The van der Waals surface area contributed by atoms with E-state index in [9.17, 15) is 0 Å². The van der Waals surface area contributed by atoms with Gasteiger partial charge in [-0.25, -0.2) is 0 Å². The Morgan fingerprint density at radius 2 is 1.89 bits per heavy atom. The molecule has 3 heterocycles. The standard InChI is InChI=1S/C23H32N4O/c1-16(2)21-13-19(17(3)12-20(21)15-27-10-4-5-11-27)14-22-25-26-23(28-22)18-6-8-24-9-7-18/h6-9,12,16,19-21H,4-5,10-11,13-15H2,1-3H3. The number of nitrogens with zero attached hydrogens (tertiary/aromatic N) is 4. The van der Waals surface area contributed by atoms with Gasteiger partial charge in [0.2, 0.25) is 11.8 Å². The maximum Gasteiger partial charge on any atom is 0.247 e. The maximum absolute atomic E-state index is 5.97. The van der Waals surface area contributed by atoms with Crippen molar-refractivity contribution in [1.29, 1.82) is 0 Å². The summed E-state index contributed by atoms with van der Waals surface area (Å²) < 4.78 is 5.97. The van der Waals surface area contributed by atoms with Gasteiger partial charge in [0.15, 0.2) is 0 Å². The monoisotopic (exact) mass is 380 g/mol. The Balaban J connectivity index is 1.47. The van der Waals surface area contributed by atoms with Gasteiger partial charge in [0.05, 0.1) is 0 Å². The van der Waals surface area contributed by atoms with Crippen LogP contribution in [0.3, 0.4) is 0 Å². The summed E-state index contributed by atoms with van der Waals surface area (Å²) in [7, 11) is 0. The zero-order valence-electron chi connectivity index (χ0n) is 17.3. The predicted molar refractivity (Wildman–Crippen MR) is 111 cm³/mol. The molecular weight excluding hydrogens is 348 g/mol.